The van der Waals surface area contributed by atoms with Crippen LogP contribution in [-0.2, 0) is 20.9 Å². The summed E-state index contributed by atoms with van der Waals surface area (Å²) in [6.45, 7) is 8.58. The summed E-state index contributed by atoms with van der Waals surface area (Å²) < 4.78 is 37.1. The number of nitrogens with one attached hydrogen (secondary N) is 1. The fraction of sp³-hybridized carbons (Fsp3) is 0.429. The van der Waals surface area contributed by atoms with Gasteiger partial charge in [0.25, 0.3) is 0 Å². The number of aromatic carboxylic acids is 1. The van der Waals surface area contributed by atoms with Crippen LogP contribution in [0.15, 0.2) is 53.5 Å². The maximum atomic E-state index is 12.6. The second-order valence-electron chi connectivity index (χ2n) is 9.69. The van der Waals surface area contributed by atoms with E-state index in [1.54, 1.807) is 24.3 Å². The van der Waals surface area contributed by atoms with Gasteiger partial charge in [-0.05, 0) is 36.8 Å². The molecule has 0 unspecified atom stereocenters. The van der Waals surface area contributed by atoms with E-state index in [1.165, 1.54) is 5.56 Å². The van der Waals surface area contributed by atoms with Crippen molar-refractivity contribution in [2.75, 3.05) is 64.3 Å². The number of ether oxygens (including phenoxy) is 1. The summed E-state index contributed by atoms with van der Waals surface area (Å²) in [6, 6.07) is 15.0. The van der Waals surface area contributed by atoms with Crippen LogP contribution in [-0.4, -0.2) is 114 Å². The summed E-state index contributed by atoms with van der Waals surface area (Å²) in [6.07, 6.45) is -5.08. The topological polar surface area (TPSA) is 135 Å². The lowest BCUT2D eigenvalue weighted by molar-refractivity contribution is -0.192. The lowest BCUT2D eigenvalue weighted by atomic mass is 10.1. The molecular weight excluding hydrogens is 559 g/mol. The van der Waals surface area contributed by atoms with Crippen LogP contribution >= 0.6 is 0 Å². The Morgan fingerprint density at radius 2 is 1.45 bits per heavy atom. The molecule has 11 nitrogen and oxygen atoms in total. The zero-order valence-corrected chi connectivity index (χ0v) is 23.1. The number of anilines is 1. The summed E-state index contributed by atoms with van der Waals surface area (Å²) in [5.74, 6) is -2.81. The largest absolute Gasteiger partial charge is 0.490 e. The Labute approximate surface area is 241 Å². The number of carbonyl (C=O) groups is 3. The molecule has 0 aromatic heterocycles. The van der Waals surface area contributed by atoms with Crippen molar-refractivity contribution < 1.29 is 42.5 Å². The Morgan fingerprint density at radius 3 is 1.98 bits per heavy atom. The Morgan fingerprint density at radius 1 is 0.881 bits per heavy atom. The van der Waals surface area contributed by atoms with Gasteiger partial charge >= 0.3 is 18.1 Å². The third-order valence-electron chi connectivity index (χ3n) is 6.56. The van der Waals surface area contributed by atoms with Gasteiger partial charge in [0, 0.05) is 45.0 Å². The normalized spacial score (nSPS) is 16.3. The molecule has 42 heavy (non-hydrogen) atoms. The van der Waals surface area contributed by atoms with Crippen LogP contribution in [0.3, 0.4) is 0 Å². The van der Waals surface area contributed by atoms with Crippen LogP contribution in [0.25, 0.3) is 0 Å². The first-order valence-electron chi connectivity index (χ1n) is 13.3. The first-order valence-corrected chi connectivity index (χ1v) is 13.3. The molecule has 0 atom stereocenters. The van der Waals surface area contributed by atoms with Crippen molar-refractivity contribution >= 4 is 29.5 Å². The average molecular weight is 594 g/mol. The number of hydrogen-bond donors (Lipinski definition) is 3. The third-order valence-corrected chi connectivity index (χ3v) is 6.56. The Balaban J connectivity index is 0.000000616. The van der Waals surface area contributed by atoms with Gasteiger partial charge in [-0.2, -0.15) is 13.2 Å². The maximum Gasteiger partial charge on any atom is 0.490 e. The van der Waals surface area contributed by atoms with Crippen molar-refractivity contribution in [3.8, 4) is 0 Å². The Hall–Kier alpha value is -4.17. The molecule has 2 heterocycles. The monoisotopic (exact) mass is 593 g/mol. The predicted octanol–water partition coefficient (Wildman–Crippen LogP) is 2.77. The number of halogens is 3. The van der Waals surface area contributed by atoms with Gasteiger partial charge in [-0.1, -0.05) is 29.8 Å². The number of carbonyl (C=O) groups excluding carboxylic acids is 1. The molecule has 0 radical (unpaired) electrons. The predicted molar refractivity (Wildman–Crippen MR) is 148 cm³/mol. The number of aliphatic carboxylic acids is 1. The van der Waals surface area contributed by atoms with Gasteiger partial charge in [0.05, 0.1) is 31.9 Å². The van der Waals surface area contributed by atoms with E-state index < -0.39 is 18.1 Å². The molecule has 14 heteroatoms. The van der Waals surface area contributed by atoms with Crippen molar-refractivity contribution in [3.05, 3.63) is 65.2 Å². The highest BCUT2D eigenvalue weighted by Crippen LogP contribution is 2.14. The van der Waals surface area contributed by atoms with E-state index in [4.69, 9.17) is 19.6 Å². The molecule has 2 saturated heterocycles. The molecule has 1 amide bonds. The zero-order chi connectivity index (χ0) is 30.7. The summed E-state index contributed by atoms with van der Waals surface area (Å²) in [5, 5.41) is 19.7. The number of guanidine groups is 1. The minimum Gasteiger partial charge on any atom is -0.478 e. The molecule has 4 rings (SSSR count). The molecule has 2 aliphatic rings. The van der Waals surface area contributed by atoms with Gasteiger partial charge in [0.2, 0.25) is 5.91 Å². The van der Waals surface area contributed by atoms with Crippen molar-refractivity contribution in [1.82, 2.24) is 14.7 Å². The number of carboxylic acid groups (broad SMARTS) is 2. The van der Waals surface area contributed by atoms with Crippen molar-refractivity contribution in [2.45, 2.75) is 19.6 Å². The van der Waals surface area contributed by atoms with E-state index in [9.17, 15) is 27.9 Å². The molecule has 2 aromatic carbocycles. The summed E-state index contributed by atoms with van der Waals surface area (Å²) >= 11 is 0. The highest BCUT2D eigenvalue weighted by Gasteiger charge is 2.38. The van der Waals surface area contributed by atoms with Crippen LogP contribution in [0.5, 0.6) is 0 Å². The smallest absolute Gasteiger partial charge is 0.478 e. The molecule has 228 valence electrons. The first-order chi connectivity index (χ1) is 19.9. The van der Waals surface area contributed by atoms with E-state index in [0.717, 1.165) is 43.4 Å². The number of carboxylic acids is 2. The molecular formula is C28H34F3N5O6. The fourth-order valence-electron chi connectivity index (χ4n) is 4.13. The number of rotatable bonds is 6. The summed E-state index contributed by atoms with van der Waals surface area (Å²) in [4.78, 5) is 43.8. The van der Waals surface area contributed by atoms with Gasteiger partial charge in [-0.15, -0.1) is 0 Å². The van der Waals surface area contributed by atoms with E-state index in [1.807, 2.05) is 4.90 Å². The number of alkyl halides is 3. The molecule has 0 bridgehead atoms. The van der Waals surface area contributed by atoms with Gasteiger partial charge in [-0.3, -0.25) is 9.69 Å². The van der Waals surface area contributed by atoms with Crippen LogP contribution in [0.2, 0.25) is 0 Å². The highest BCUT2D eigenvalue weighted by atomic mass is 19.4. The second-order valence-corrected chi connectivity index (χ2v) is 9.69. The lowest BCUT2D eigenvalue weighted by Crippen LogP contribution is -2.53. The van der Waals surface area contributed by atoms with E-state index in [-0.39, 0.29) is 11.5 Å². The Bertz CT molecular complexity index is 1220. The Kier molecular flexibility index (Phi) is 11.7. The van der Waals surface area contributed by atoms with Crippen molar-refractivity contribution in [1.29, 1.82) is 0 Å². The standard InChI is InChI=1S/C26H33N5O4.C2HF3O2/c1-20-2-4-21(5-3-20)18-27-26(28-23-8-6-22(7-9-23)25(33)34)31-12-10-29(11-13-31)19-24(32)30-14-16-35-17-15-30;3-2(4,5)1(6)7/h2-9H,10-19H2,1H3,(H,27,28)(H,33,34);(H,6,7). The second kappa shape index (κ2) is 15.2. The minimum absolute atomic E-state index is 0.159. The molecule has 0 saturated carbocycles. The van der Waals surface area contributed by atoms with Crippen molar-refractivity contribution in [3.63, 3.8) is 0 Å². The van der Waals surface area contributed by atoms with E-state index >= 15 is 0 Å². The summed E-state index contributed by atoms with van der Waals surface area (Å²) in [7, 11) is 0. The number of nitrogens with zero attached hydrogens (tertiary/aromatic N) is 4. The highest BCUT2D eigenvalue weighted by molar-refractivity contribution is 5.94. The first kappa shape index (κ1) is 32.3. The van der Waals surface area contributed by atoms with E-state index in [0.29, 0.717) is 39.4 Å². The molecule has 0 spiro atoms. The molecule has 0 aliphatic carbocycles. The van der Waals surface area contributed by atoms with Crippen molar-refractivity contribution in [2.24, 2.45) is 4.99 Å². The number of aliphatic imine (C=N–C) groups is 1. The lowest BCUT2D eigenvalue weighted by Gasteiger charge is -2.37. The van der Waals surface area contributed by atoms with Crippen LogP contribution in [0, 0.1) is 6.92 Å². The summed E-state index contributed by atoms with van der Waals surface area (Å²) in [5.41, 5.74) is 3.35. The fourth-order valence-corrected chi connectivity index (χ4v) is 4.13. The minimum atomic E-state index is -5.08. The number of piperazine rings is 1. The maximum absolute atomic E-state index is 12.6. The number of amides is 1. The molecule has 2 fully saturated rings. The van der Waals surface area contributed by atoms with Gasteiger partial charge in [0.15, 0.2) is 5.96 Å². The number of morpholine rings is 1. The average Bonchev–Trinajstić information content (AvgIpc) is 2.97. The van der Waals surface area contributed by atoms with E-state index in [2.05, 4.69) is 46.3 Å². The zero-order valence-electron chi connectivity index (χ0n) is 23.1. The molecule has 3 N–H and O–H groups in total. The van der Waals surface area contributed by atoms with Crippen LogP contribution < -0.4 is 5.32 Å². The quantitative estimate of drug-likeness (QED) is 0.341. The van der Waals surface area contributed by atoms with Gasteiger partial charge < -0.3 is 30.1 Å². The third kappa shape index (κ3) is 10.3. The number of aryl methyl sites for hydroxylation is 1. The SMILES string of the molecule is Cc1ccc(CN=C(Nc2ccc(C(=O)O)cc2)N2CCN(CC(=O)N3CCOCC3)CC2)cc1.O=C(O)C(F)(F)F. The number of hydrogen-bond acceptors (Lipinski definition) is 6. The number of benzene rings is 2. The molecule has 2 aliphatic heterocycles. The van der Waals surface area contributed by atoms with Gasteiger partial charge in [-0.25, -0.2) is 14.6 Å². The molecule has 2 aromatic rings. The van der Waals surface area contributed by atoms with Gasteiger partial charge in [0.1, 0.15) is 0 Å². The van der Waals surface area contributed by atoms with Crippen LogP contribution in [0.1, 0.15) is 21.5 Å². The van der Waals surface area contributed by atoms with Crippen LogP contribution in [0.4, 0.5) is 18.9 Å².